The van der Waals surface area contributed by atoms with Crippen LogP contribution in [0.4, 0.5) is 0 Å². The van der Waals surface area contributed by atoms with Crippen LogP contribution in [0.15, 0.2) is 29.2 Å². The van der Waals surface area contributed by atoms with E-state index in [4.69, 9.17) is 5.73 Å². The van der Waals surface area contributed by atoms with Crippen molar-refractivity contribution in [3.05, 3.63) is 29.8 Å². The van der Waals surface area contributed by atoms with Gasteiger partial charge >= 0.3 is 0 Å². The highest BCUT2D eigenvalue weighted by molar-refractivity contribution is 7.89. The largest absolute Gasteiger partial charge is 0.330 e. The molecule has 1 atom stereocenters. The topological polar surface area (TPSA) is 89.3 Å². The van der Waals surface area contributed by atoms with E-state index in [1.807, 2.05) is 0 Å². The van der Waals surface area contributed by atoms with Gasteiger partial charge < -0.3 is 5.73 Å². The van der Waals surface area contributed by atoms with Crippen LogP contribution in [0, 0.1) is 0 Å². The summed E-state index contributed by atoms with van der Waals surface area (Å²) in [6, 6.07) is 6.63. The van der Waals surface area contributed by atoms with E-state index in [-0.39, 0.29) is 11.4 Å². The number of benzene rings is 1. The van der Waals surface area contributed by atoms with E-state index in [0.29, 0.717) is 18.1 Å². The summed E-state index contributed by atoms with van der Waals surface area (Å²) < 4.78 is 37.5. The van der Waals surface area contributed by atoms with Crippen LogP contribution in [0.5, 0.6) is 0 Å². The minimum absolute atomic E-state index is 0.188. The van der Waals surface area contributed by atoms with Gasteiger partial charge in [-0.15, -0.1) is 0 Å². The summed E-state index contributed by atoms with van der Waals surface area (Å²) in [5.41, 5.74) is 6.44. The molecule has 108 valence electrons. The Labute approximate surface area is 117 Å². The first-order valence-electron chi connectivity index (χ1n) is 6.13. The lowest BCUT2D eigenvalue weighted by molar-refractivity contribution is 0.584. The lowest BCUT2D eigenvalue weighted by atomic mass is 10.2. The molecule has 3 N–H and O–H groups in total. The van der Waals surface area contributed by atoms with Crippen LogP contribution in [0.3, 0.4) is 0 Å². The smallest absolute Gasteiger partial charge is 0.240 e. The van der Waals surface area contributed by atoms with Crippen LogP contribution in [0.2, 0.25) is 0 Å². The highest BCUT2D eigenvalue weighted by atomic mass is 32.2. The van der Waals surface area contributed by atoms with E-state index in [1.54, 1.807) is 31.2 Å². The van der Waals surface area contributed by atoms with Crippen LogP contribution in [0.1, 0.15) is 12.5 Å². The first-order valence-corrected chi connectivity index (χ1v) is 9.10. The molecule has 0 fully saturated rings. The molecular formula is C12H20N2O3S2. The molecule has 0 aliphatic carbocycles. The summed E-state index contributed by atoms with van der Waals surface area (Å²) >= 11 is 0. The highest BCUT2D eigenvalue weighted by Gasteiger charge is 2.13. The van der Waals surface area contributed by atoms with Crippen molar-refractivity contribution in [2.75, 3.05) is 24.6 Å². The van der Waals surface area contributed by atoms with Gasteiger partial charge in [0.05, 0.1) is 4.90 Å². The quantitative estimate of drug-likeness (QED) is 0.720. The summed E-state index contributed by atoms with van der Waals surface area (Å²) in [5, 5.41) is 0. The van der Waals surface area contributed by atoms with Gasteiger partial charge in [0, 0.05) is 28.9 Å². The lowest BCUT2D eigenvalue weighted by Gasteiger charge is -2.07. The Hall–Kier alpha value is -0.760. The minimum atomic E-state index is -3.51. The van der Waals surface area contributed by atoms with Gasteiger partial charge in [0.25, 0.3) is 0 Å². The van der Waals surface area contributed by atoms with Crippen LogP contribution in [0.25, 0.3) is 0 Å². The van der Waals surface area contributed by atoms with Crippen molar-refractivity contribution in [3.8, 4) is 0 Å². The number of sulfonamides is 1. The molecule has 19 heavy (non-hydrogen) atoms. The number of rotatable bonds is 8. The van der Waals surface area contributed by atoms with Gasteiger partial charge in [-0.3, -0.25) is 4.21 Å². The SMILES string of the molecule is CCS(=O)CCNS(=O)(=O)c1ccc(CCN)cc1. The third-order valence-corrected chi connectivity index (χ3v) is 5.39. The van der Waals surface area contributed by atoms with Crippen molar-refractivity contribution in [2.45, 2.75) is 18.2 Å². The van der Waals surface area contributed by atoms with E-state index in [2.05, 4.69) is 4.72 Å². The third-order valence-electron chi connectivity index (χ3n) is 2.61. The Morgan fingerprint density at radius 2 is 1.89 bits per heavy atom. The fourth-order valence-electron chi connectivity index (χ4n) is 1.52. The van der Waals surface area contributed by atoms with Crippen molar-refractivity contribution in [1.82, 2.24) is 4.72 Å². The van der Waals surface area contributed by atoms with Crippen LogP contribution in [-0.4, -0.2) is 37.2 Å². The van der Waals surface area contributed by atoms with E-state index < -0.39 is 20.8 Å². The van der Waals surface area contributed by atoms with Crippen molar-refractivity contribution in [1.29, 1.82) is 0 Å². The lowest BCUT2D eigenvalue weighted by Crippen LogP contribution is -2.28. The molecule has 1 aromatic carbocycles. The standard InChI is InChI=1S/C12H20N2O3S2/c1-2-18(15)10-9-14-19(16,17)12-5-3-11(4-6-12)7-8-13/h3-6,14H,2,7-10,13H2,1H3. The number of nitrogens with one attached hydrogen (secondary N) is 1. The minimum Gasteiger partial charge on any atom is -0.330 e. The summed E-state index contributed by atoms with van der Waals surface area (Å²) in [6.07, 6.45) is 0.725. The molecule has 1 unspecified atom stereocenters. The summed E-state index contributed by atoms with van der Waals surface area (Å²) in [7, 11) is -4.48. The van der Waals surface area contributed by atoms with Gasteiger partial charge in [-0.1, -0.05) is 19.1 Å². The second-order valence-electron chi connectivity index (χ2n) is 4.01. The molecule has 0 aliphatic rings. The maximum absolute atomic E-state index is 11.9. The van der Waals surface area contributed by atoms with Crippen LogP contribution >= 0.6 is 0 Å². The molecule has 5 nitrogen and oxygen atoms in total. The molecule has 1 rings (SSSR count). The third kappa shape index (κ3) is 5.40. The molecule has 1 aromatic rings. The molecular weight excluding hydrogens is 284 g/mol. The van der Waals surface area contributed by atoms with E-state index in [9.17, 15) is 12.6 Å². The normalized spacial score (nSPS) is 13.4. The summed E-state index contributed by atoms with van der Waals surface area (Å²) in [6.45, 7) is 2.53. The molecule has 7 heteroatoms. The zero-order chi connectivity index (χ0) is 14.3. The van der Waals surface area contributed by atoms with Gasteiger partial charge in [0.2, 0.25) is 10.0 Å². The van der Waals surface area contributed by atoms with Gasteiger partial charge in [0.15, 0.2) is 0 Å². The average molecular weight is 304 g/mol. The Morgan fingerprint density at radius 3 is 2.42 bits per heavy atom. The van der Waals surface area contributed by atoms with Gasteiger partial charge in [0.1, 0.15) is 0 Å². The summed E-state index contributed by atoms with van der Waals surface area (Å²) in [5.74, 6) is 0.872. The fraction of sp³-hybridized carbons (Fsp3) is 0.500. The molecule has 0 saturated carbocycles. The molecule has 0 heterocycles. The molecule has 0 spiro atoms. The van der Waals surface area contributed by atoms with Crippen LogP contribution in [-0.2, 0) is 27.2 Å². The van der Waals surface area contributed by atoms with Crippen molar-refractivity contribution < 1.29 is 12.6 Å². The Balaban J connectivity index is 2.64. The molecule has 0 radical (unpaired) electrons. The van der Waals surface area contributed by atoms with E-state index in [0.717, 1.165) is 12.0 Å². The van der Waals surface area contributed by atoms with E-state index >= 15 is 0 Å². The monoisotopic (exact) mass is 304 g/mol. The van der Waals surface area contributed by atoms with E-state index in [1.165, 1.54) is 0 Å². The molecule has 0 amide bonds. The van der Waals surface area contributed by atoms with Gasteiger partial charge in [-0.25, -0.2) is 13.1 Å². The molecule has 0 aliphatic heterocycles. The molecule has 0 aromatic heterocycles. The first kappa shape index (κ1) is 16.3. The Bertz CT molecular complexity index is 512. The zero-order valence-corrected chi connectivity index (χ0v) is 12.6. The maximum atomic E-state index is 11.9. The predicted molar refractivity (Wildman–Crippen MR) is 77.9 cm³/mol. The fourth-order valence-corrected chi connectivity index (χ4v) is 3.30. The Kier molecular flexibility index (Phi) is 6.64. The first-order chi connectivity index (χ1) is 8.99. The molecule has 0 saturated heterocycles. The molecule has 0 bridgehead atoms. The zero-order valence-electron chi connectivity index (χ0n) is 11.0. The number of hydrogen-bond acceptors (Lipinski definition) is 4. The van der Waals surface area contributed by atoms with Crippen molar-refractivity contribution >= 4 is 20.8 Å². The average Bonchev–Trinajstić information content (AvgIpc) is 2.39. The van der Waals surface area contributed by atoms with Gasteiger partial charge in [-0.05, 0) is 30.7 Å². The highest BCUT2D eigenvalue weighted by Crippen LogP contribution is 2.10. The maximum Gasteiger partial charge on any atom is 0.240 e. The predicted octanol–water partition coefficient (Wildman–Crippen LogP) is 0.235. The van der Waals surface area contributed by atoms with Gasteiger partial charge in [-0.2, -0.15) is 0 Å². The Morgan fingerprint density at radius 1 is 1.26 bits per heavy atom. The van der Waals surface area contributed by atoms with Crippen molar-refractivity contribution in [3.63, 3.8) is 0 Å². The second kappa shape index (κ2) is 7.74. The van der Waals surface area contributed by atoms with Crippen LogP contribution < -0.4 is 10.5 Å². The van der Waals surface area contributed by atoms with Crippen molar-refractivity contribution in [2.24, 2.45) is 5.73 Å². The summed E-state index contributed by atoms with van der Waals surface area (Å²) in [4.78, 5) is 0.218. The number of nitrogens with two attached hydrogens (primary N) is 1. The second-order valence-corrected chi connectivity index (χ2v) is 7.65. The number of hydrogen-bond donors (Lipinski definition) is 2.